The molecule has 3 heteroatoms. The first-order chi connectivity index (χ1) is 8.78. The van der Waals surface area contributed by atoms with E-state index in [1.165, 1.54) is 42.8 Å². The van der Waals surface area contributed by atoms with Crippen molar-refractivity contribution in [3.63, 3.8) is 0 Å². The topological polar surface area (TPSA) is 28.2 Å². The minimum atomic E-state index is 0.765. The van der Waals surface area contributed by atoms with Crippen LogP contribution in [-0.2, 0) is 6.54 Å². The Morgan fingerprint density at radius 3 is 2.94 bits per heavy atom. The number of piperidine rings is 1. The lowest BCUT2D eigenvalue weighted by Gasteiger charge is -2.29. The first kappa shape index (κ1) is 12.0. The second kappa shape index (κ2) is 4.88. The Balaban J connectivity index is 1.77. The zero-order chi connectivity index (χ0) is 12.5. The third kappa shape index (κ3) is 2.12. The van der Waals surface area contributed by atoms with Crippen molar-refractivity contribution in [2.75, 3.05) is 18.0 Å². The number of nitrogens with one attached hydrogen (secondary N) is 1. The molecule has 2 heterocycles. The van der Waals surface area contributed by atoms with Crippen molar-refractivity contribution < 1.29 is 0 Å². The average Bonchev–Trinajstić information content (AvgIpc) is 2.98. The highest BCUT2D eigenvalue weighted by Crippen LogP contribution is 2.40. The fourth-order valence-electron chi connectivity index (χ4n) is 3.48. The zero-order valence-corrected chi connectivity index (χ0v) is 11.4. The second-order valence-electron chi connectivity index (χ2n) is 5.75. The third-order valence-corrected chi connectivity index (χ3v) is 4.37. The van der Waals surface area contributed by atoms with Gasteiger partial charge in [0.25, 0.3) is 0 Å². The molecule has 0 aromatic carbocycles. The van der Waals surface area contributed by atoms with Crippen molar-refractivity contribution in [1.29, 1.82) is 0 Å². The van der Waals surface area contributed by atoms with Crippen molar-refractivity contribution in [3.8, 4) is 0 Å². The van der Waals surface area contributed by atoms with Gasteiger partial charge in [-0.25, -0.2) is 4.98 Å². The van der Waals surface area contributed by atoms with Gasteiger partial charge in [0.15, 0.2) is 0 Å². The number of hydrogen-bond acceptors (Lipinski definition) is 3. The monoisotopic (exact) mass is 245 g/mol. The Bertz CT molecular complexity index is 430. The summed E-state index contributed by atoms with van der Waals surface area (Å²) in [6.45, 7) is 7.50. The molecule has 0 amide bonds. The van der Waals surface area contributed by atoms with Gasteiger partial charge in [-0.15, -0.1) is 0 Å². The molecule has 2 fully saturated rings. The van der Waals surface area contributed by atoms with Gasteiger partial charge in [0, 0.05) is 25.3 Å². The van der Waals surface area contributed by atoms with Crippen LogP contribution >= 0.6 is 0 Å². The number of nitrogens with zero attached hydrogens (tertiary/aromatic N) is 2. The van der Waals surface area contributed by atoms with Crippen LogP contribution in [0.1, 0.15) is 37.3 Å². The van der Waals surface area contributed by atoms with Crippen LogP contribution in [0, 0.1) is 12.8 Å². The smallest absolute Gasteiger partial charge is 0.131 e. The van der Waals surface area contributed by atoms with Crippen LogP contribution in [0.25, 0.3) is 0 Å². The SMILES string of the molecule is CCNCc1cnc(N2CC3CCC2C3)c(C)c1. The van der Waals surface area contributed by atoms with Crippen LogP contribution in [-0.4, -0.2) is 24.1 Å². The van der Waals surface area contributed by atoms with E-state index in [4.69, 9.17) is 4.98 Å². The van der Waals surface area contributed by atoms with Crippen LogP contribution in [0.2, 0.25) is 0 Å². The normalized spacial score (nSPS) is 26.0. The van der Waals surface area contributed by atoms with E-state index in [0.717, 1.165) is 25.0 Å². The fraction of sp³-hybridized carbons (Fsp3) is 0.667. The van der Waals surface area contributed by atoms with Crippen LogP contribution in [0.15, 0.2) is 12.3 Å². The molecule has 1 saturated heterocycles. The van der Waals surface area contributed by atoms with Crippen molar-refractivity contribution in [2.45, 2.75) is 45.7 Å². The molecule has 2 bridgehead atoms. The third-order valence-electron chi connectivity index (χ3n) is 4.37. The van der Waals surface area contributed by atoms with E-state index in [1.54, 1.807) is 0 Å². The summed E-state index contributed by atoms with van der Waals surface area (Å²) in [7, 11) is 0. The summed E-state index contributed by atoms with van der Waals surface area (Å²) in [5, 5.41) is 3.35. The highest BCUT2D eigenvalue weighted by molar-refractivity contribution is 5.50. The molecule has 2 atom stereocenters. The molecule has 1 aromatic rings. The number of aryl methyl sites for hydroxylation is 1. The quantitative estimate of drug-likeness (QED) is 0.883. The van der Waals surface area contributed by atoms with E-state index in [-0.39, 0.29) is 0 Å². The lowest BCUT2D eigenvalue weighted by molar-refractivity contribution is 0.549. The minimum Gasteiger partial charge on any atom is -0.353 e. The summed E-state index contributed by atoms with van der Waals surface area (Å²) in [6.07, 6.45) is 6.22. The van der Waals surface area contributed by atoms with Gasteiger partial charge in [-0.1, -0.05) is 6.92 Å². The predicted molar refractivity (Wildman–Crippen MR) is 74.8 cm³/mol. The predicted octanol–water partition coefficient (Wildman–Crippen LogP) is 2.49. The summed E-state index contributed by atoms with van der Waals surface area (Å²) in [5.41, 5.74) is 2.63. The number of hydrogen-bond donors (Lipinski definition) is 1. The molecule has 1 aliphatic heterocycles. The molecule has 1 aliphatic carbocycles. The largest absolute Gasteiger partial charge is 0.353 e. The molecule has 0 radical (unpaired) electrons. The molecule has 3 nitrogen and oxygen atoms in total. The van der Waals surface area contributed by atoms with Gasteiger partial charge in [-0.05, 0) is 55.8 Å². The number of anilines is 1. The molecule has 2 aliphatic rings. The van der Waals surface area contributed by atoms with Crippen molar-refractivity contribution in [2.24, 2.45) is 5.92 Å². The summed E-state index contributed by atoms with van der Waals surface area (Å²) >= 11 is 0. The maximum Gasteiger partial charge on any atom is 0.131 e. The van der Waals surface area contributed by atoms with Crippen molar-refractivity contribution >= 4 is 5.82 Å². The fourth-order valence-corrected chi connectivity index (χ4v) is 3.48. The number of fused-ring (bicyclic) bond motifs is 2. The van der Waals surface area contributed by atoms with Crippen LogP contribution in [0.5, 0.6) is 0 Å². The average molecular weight is 245 g/mol. The Hall–Kier alpha value is -1.09. The molecule has 2 unspecified atom stereocenters. The van der Waals surface area contributed by atoms with Crippen molar-refractivity contribution in [3.05, 3.63) is 23.4 Å². The maximum atomic E-state index is 4.72. The number of rotatable bonds is 4. The van der Waals surface area contributed by atoms with Crippen LogP contribution in [0.3, 0.4) is 0 Å². The van der Waals surface area contributed by atoms with Crippen molar-refractivity contribution in [1.82, 2.24) is 10.3 Å². The number of pyridine rings is 1. The standard InChI is InChI=1S/C15H23N3/c1-3-16-8-13-6-11(2)15(17-9-13)18-10-12-4-5-14(18)7-12/h6,9,12,14,16H,3-5,7-8,10H2,1-2H3. The molecular weight excluding hydrogens is 222 g/mol. The number of aromatic nitrogens is 1. The van der Waals surface area contributed by atoms with E-state index < -0.39 is 0 Å². The van der Waals surface area contributed by atoms with E-state index in [9.17, 15) is 0 Å². The van der Waals surface area contributed by atoms with Gasteiger partial charge in [0.05, 0.1) is 0 Å². The minimum absolute atomic E-state index is 0.765. The lowest BCUT2D eigenvalue weighted by atomic mass is 10.1. The summed E-state index contributed by atoms with van der Waals surface area (Å²) < 4.78 is 0. The summed E-state index contributed by atoms with van der Waals surface area (Å²) in [6, 6.07) is 3.05. The van der Waals surface area contributed by atoms with Gasteiger partial charge < -0.3 is 10.2 Å². The summed E-state index contributed by atoms with van der Waals surface area (Å²) in [5.74, 6) is 2.15. The van der Waals surface area contributed by atoms with E-state index in [0.29, 0.717) is 0 Å². The Labute approximate surface area is 110 Å². The van der Waals surface area contributed by atoms with Gasteiger partial charge in [0.1, 0.15) is 5.82 Å². The molecule has 18 heavy (non-hydrogen) atoms. The maximum absolute atomic E-state index is 4.72. The zero-order valence-electron chi connectivity index (χ0n) is 11.4. The molecule has 0 spiro atoms. The van der Waals surface area contributed by atoms with Crippen LogP contribution in [0.4, 0.5) is 5.82 Å². The highest BCUT2D eigenvalue weighted by atomic mass is 15.2. The molecule has 3 rings (SSSR count). The first-order valence-electron chi connectivity index (χ1n) is 7.20. The van der Waals surface area contributed by atoms with E-state index in [1.807, 2.05) is 6.20 Å². The summed E-state index contributed by atoms with van der Waals surface area (Å²) in [4.78, 5) is 7.26. The van der Waals surface area contributed by atoms with E-state index >= 15 is 0 Å². The molecule has 1 N–H and O–H groups in total. The Morgan fingerprint density at radius 2 is 2.33 bits per heavy atom. The van der Waals surface area contributed by atoms with Gasteiger partial charge in [-0.2, -0.15) is 0 Å². The van der Waals surface area contributed by atoms with E-state index in [2.05, 4.69) is 30.1 Å². The molecule has 1 saturated carbocycles. The second-order valence-corrected chi connectivity index (χ2v) is 5.75. The first-order valence-corrected chi connectivity index (χ1v) is 7.20. The highest BCUT2D eigenvalue weighted by Gasteiger charge is 2.38. The molecular formula is C15H23N3. The van der Waals surface area contributed by atoms with Gasteiger partial charge in [0.2, 0.25) is 0 Å². The molecule has 1 aromatic heterocycles. The van der Waals surface area contributed by atoms with Gasteiger partial charge >= 0.3 is 0 Å². The lowest BCUT2D eigenvalue weighted by Crippen LogP contribution is -2.33. The molecule has 98 valence electrons. The Morgan fingerprint density at radius 1 is 1.44 bits per heavy atom. The van der Waals surface area contributed by atoms with Crippen LogP contribution < -0.4 is 10.2 Å². The Kier molecular flexibility index (Phi) is 3.25. The van der Waals surface area contributed by atoms with Gasteiger partial charge in [-0.3, -0.25) is 0 Å².